The molecule has 1 aliphatic heterocycles. The van der Waals surface area contributed by atoms with Crippen LogP contribution in [0.25, 0.3) is 10.2 Å². The smallest absolute Gasteiger partial charge is 0.234 e. The molecule has 1 aliphatic rings. The van der Waals surface area contributed by atoms with E-state index in [-0.39, 0.29) is 17.7 Å². The van der Waals surface area contributed by atoms with Gasteiger partial charge in [-0.25, -0.2) is 4.98 Å². The molecule has 0 aliphatic carbocycles. The first-order valence-corrected chi connectivity index (χ1v) is 10.8. The van der Waals surface area contributed by atoms with E-state index in [0.717, 1.165) is 35.5 Å². The van der Waals surface area contributed by atoms with E-state index in [1.54, 1.807) is 11.3 Å². The summed E-state index contributed by atoms with van der Waals surface area (Å²) in [6.07, 6.45) is 2.57. The molecule has 1 aromatic heterocycles. The molecule has 2 atom stereocenters. The second-order valence-corrected chi connectivity index (χ2v) is 8.63. The molecule has 1 fully saturated rings. The maximum absolute atomic E-state index is 12.7. The number of aromatic nitrogens is 1. The van der Waals surface area contributed by atoms with Gasteiger partial charge in [0.1, 0.15) is 5.01 Å². The maximum Gasteiger partial charge on any atom is 0.234 e. The van der Waals surface area contributed by atoms with Gasteiger partial charge in [-0.15, -0.1) is 11.3 Å². The highest BCUT2D eigenvalue weighted by Gasteiger charge is 2.30. The van der Waals surface area contributed by atoms with Crippen molar-refractivity contribution in [2.45, 2.75) is 38.3 Å². The predicted molar refractivity (Wildman–Crippen MR) is 116 cm³/mol. The number of carbonyl (C=O) groups is 2. The third-order valence-electron chi connectivity index (χ3n) is 5.41. The number of carbonyl (C=O) groups excluding carboxylic acids is 2. The summed E-state index contributed by atoms with van der Waals surface area (Å²) in [6, 6.07) is 17.6. The van der Waals surface area contributed by atoms with Crippen molar-refractivity contribution in [3.8, 4) is 0 Å². The lowest BCUT2D eigenvalue weighted by Gasteiger charge is -2.23. The van der Waals surface area contributed by atoms with Gasteiger partial charge in [-0.2, -0.15) is 0 Å². The Balaban J connectivity index is 1.41. The topological polar surface area (TPSA) is 62.3 Å². The number of hydrogen-bond donors (Lipinski definition) is 1. The largest absolute Gasteiger partial charge is 0.345 e. The van der Waals surface area contributed by atoms with Gasteiger partial charge in [0.05, 0.1) is 28.8 Å². The third kappa shape index (κ3) is 4.71. The normalized spacial score (nSPS) is 18.0. The van der Waals surface area contributed by atoms with Crippen molar-refractivity contribution in [2.24, 2.45) is 0 Å². The highest BCUT2D eigenvalue weighted by atomic mass is 32.1. The van der Waals surface area contributed by atoms with E-state index < -0.39 is 6.04 Å². The fourth-order valence-electron chi connectivity index (χ4n) is 3.90. The molecule has 1 amide bonds. The van der Waals surface area contributed by atoms with Crippen molar-refractivity contribution in [3.63, 3.8) is 0 Å². The van der Waals surface area contributed by atoms with Crippen molar-refractivity contribution >= 4 is 33.2 Å². The lowest BCUT2D eigenvalue weighted by molar-refractivity contribution is -0.127. The summed E-state index contributed by atoms with van der Waals surface area (Å²) in [5.74, 6) is -0.125. The molecule has 1 saturated heterocycles. The Morgan fingerprint density at radius 1 is 1.17 bits per heavy atom. The van der Waals surface area contributed by atoms with Gasteiger partial charge in [-0.05, 0) is 50.4 Å². The predicted octanol–water partition coefficient (Wildman–Crippen LogP) is 3.75. The molecular weight excluding hydrogens is 382 g/mol. The van der Waals surface area contributed by atoms with Crippen LogP contribution in [0.5, 0.6) is 0 Å². The van der Waals surface area contributed by atoms with Crippen LogP contribution in [-0.4, -0.2) is 40.7 Å². The van der Waals surface area contributed by atoms with Crippen LogP contribution in [0.15, 0.2) is 54.6 Å². The molecule has 2 heterocycles. The number of ketones is 1. The Bertz CT molecular complexity index is 969. The first kappa shape index (κ1) is 19.7. The SMILES string of the molecule is CC(=O)[C@@H](Cc1ccccc1)NC(=O)CN1CCC[C@@H]1c1nc2ccccc2s1. The van der Waals surface area contributed by atoms with Crippen LogP contribution in [0.4, 0.5) is 0 Å². The van der Waals surface area contributed by atoms with Crippen molar-refractivity contribution in [1.82, 2.24) is 15.2 Å². The maximum atomic E-state index is 12.7. The summed E-state index contributed by atoms with van der Waals surface area (Å²) in [5, 5.41) is 4.02. The number of para-hydroxylation sites is 1. The molecule has 0 unspecified atom stereocenters. The number of nitrogens with one attached hydrogen (secondary N) is 1. The van der Waals surface area contributed by atoms with E-state index >= 15 is 0 Å². The Morgan fingerprint density at radius 3 is 2.69 bits per heavy atom. The summed E-state index contributed by atoms with van der Waals surface area (Å²) in [7, 11) is 0. The molecular formula is C23H25N3O2S. The first-order valence-electron chi connectivity index (χ1n) is 10.0. The van der Waals surface area contributed by atoms with Crippen LogP contribution in [-0.2, 0) is 16.0 Å². The number of amides is 1. The monoisotopic (exact) mass is 407 g/mol. The third-order valence-corrected chi connectivity index (χ3v) is 6.55. The molecule has 6 heteroatoms. The summed E-state index contributed by atoms with van der Waals surface area (Å²) in [4.78, 5) is 31.8. The Hall–Kier alpha value is -2.57. The molecule has 150 valence electrons. The summed E-state index contributed by atoms with van der Waals surface area (Å²) < 4.78 is 1.18. The molecule has 0 bridgehead atoms. The highest BCUT2D eigenvalue weighted by Crippen LogP contribution is 2.36. The average Bonchev–Trinajstić information content (AvgIpc) is 3.34. The van der Waals surface area contributed by atoms with Crippen molar-refractivity contribution < 1.29 is 9.59 Å². The number of likely N-dealkylation sites (tertiary alicyclic amines) is 1. The minimum Gasteiger partial charge on any atom is -0.345 e. The quantitative estimate of drug-likeness (QED) is 0.648. The molecule has 0 radical (unpaired) electrons. The molecule has 0 spiro atoms. The number of thiazole rings is 1. The van der Waals surface area contributed by atoms with Crippen LogP contribution in [0.3, 0.4) is 0 Å². The number of benzene rings is 2. The Morgan fingerprint density at radius 2 is 1.93 bits per heavy atom. The minimum atomic E-state index is -0.492. The number of hydrogen-bond acceptors (Lipinski definition) is 5. The number of rotatable bonds is 7. The van der Waals surface area contributed by atoms with Gasteiger partial charge in [-0.1, -0.05) is 42.5 Å². The summed E-state index contributed by atoms with van der Waals surface area (Å²) >= 11 is 1.71. The van der Waals surface area contributed by atoms with Gasteiger partial charge in [0.15, 0.2) is 5.78 Å². The lowest BCUT2D eigenvalue weighted by atomic mass is 10.0. The van der Waals surface area contributed by atoms with E-state index in [2.05, 4.69) is 16.3 Å². The molecule has 5 nitrogen and oxygen atoms in total. The molecule has 0 saturated carbocycles. The van der Waals surface area contributed by atoms with Gasteiger partial charge < -0.3 is 5.32 Å². The van der Waals surface area contributed by atoms with Crippen molar-refractivity contribution in [2.75, 3.05) is 13.1 Å². The van der Waals surface area contributed by atoms with Crippen molar-refractivity contribution in [3.05, 3.63) is 65.2 Å². The van der Waals surface area contributed by atoms with E-state index in [9.17, 15) is 9.59 Å². The van der Waals surface area contributed by atoms with Crippen LogP contribution in [0.2, 0.25) is 0 Å². The summed E-state index contributed by atoms with van der Waals surface area (Å²) in [5.41, 5.74) is 2.06. The van der Waals surface area contributed by atoms with E-state index in [0.29, 0.717) is 13.0 Å². The van der Waals surface area contributed by atoms with Gasteiger partial charge >= 0.3 is 0 Å². The van der Waals surface area contributed by atoms with Crippen LogP contribution < -0.4 is 5.32 Å². The van der Waals surface area contributed by atoms with Gasteiger partial charge in [-0.3, -0.25) is 14.5 Å². The van der Waals surface area contributed by atoms with Gasteiger partial charge in [0, 0.05) is 0 Å². The zero-order chi connectivity index (χ0) is 20.2. The second kappa shape index (κ2) is 8.84. The van der Waals surface area contributed by atoms with E-state index in [1.807, 2.05) is 48.5 Å². The van der Waals surface area contributed by atoms with Crippen LogP contribution in [0, 0.1) is 0 Å². The van der Waals surface area contributed by atoms with E-state index in [1.165, 1.54) is 11.6 Å². The number of nitrogens with zero attached hydrogens (tertiary/aromatic N) is 2. The molecule has 29 heavy (non-hydrogen) atoms. The Labute approximate surface area is 174 Å². The average molecular weight is 408 g/mol. The summed E-state index contributed by atoms with van der Waals surface area (Å²) in [6.45, 7) is 2.70. The first-order chi connectivity index (χ1) is 14.1. The molecule has 4 rings (SSSR count). The van der Waals surface area contributed by atoms with E-state index in [4.69, 9.17) is 4.98 Å². The zero-order valence-electron chi connectivity index (χ0n) is 16.5. The zero-order valence-corrected chi connectivity index (χ0v) is 17.3. The number of fused-ring (bicyclic) bond motifs is 1. The van der Waals surface area contributed by atoms with Gasteiger partial charge in [0.2, 0.25) is 5.91 Å². The molecule has 3 aromatic rings. The van der Waals surface area contributed by atoms with Crippen LogP contribution in [0.1, 0.15) is 36.4 Å². The standard InChI is InChI=1S/C23H25N3O2S/c1-16(27)19(14-17-8-3-2-4-9-17)24-22(28)15-26-13-7-11-20(26)23-25-18-10-5-6-12-21(18)29-23/h2-6,8-10,12,19-20H,7,11,13-15H2,1H3,(H,24,28)/t19-,20-/m1/s1. The fraction of sp³-hybridized carbons (Fsp3) is 0.348. The van der Waals surface area contributed by atoms with Crippen molar-refractivity contribution in [1.29, 1.82) is 0 Å². The minimum absolute atomic E-state index is 0.0219. The number of Topliss-reactive ketones (excluding diaryl/α,β-unsaturated/α-hetero) is 1. The Kier molecular flexibility index (Phi) is 6.02. The second-order valence-electron chi connectivity index (χ2n) is 7.57. The van der Waals surface area contributed by atoms with Crippen LogP contribution >= 0.6 is 11.3 Å². The lowest BCUT2D eigenvalue weighted by Crippen LogP contribution is -2.45. The highest BCUT2D eigenvalue weighted by molar-refractivity contribution is 7.18. The fourth-order valence-corrected chi connectivity index (χ4v) is 5.04. The van der Waals surface area contributed by atoms with Gasteiger partial charge in [0.25, 0.3) is 0 Å². The molecule has 2 aromatic carbocycles. The molecule has 1 N–H and O–H groups in total.